The van der Waals surface area contributed by atoms with E-state index in [4.69, 9.17) is 33.7 Å². The van der Waals surface area contributed by atoms with Crippen molar-refractivity contribution in [2.24, 2.45) is 5.73 Å². The number of nitrogens with two attached hydrogens (primary N) is 1. The van der Waals surface area contributed by atoms with Gasteiger partial charge >= 0.3 is 0 Å². The van der Waals surface area contributed by atoms with Crippen LogP contribution in [0.3, 0.4) is 0 Å². The van der Waals surface area contributed by atoms with Gasteiger partial charge in [0.05, 0.1) is 11.1 Å². The average Bonchev–Trinajstić information content (AvgIpc) is 3.02. The van der Waals surface area contributed by atoms with Crippen LogP contribution in [-0.4, -0.2) is 30.1 Å². The molecule has 122 valence electrons. The molecule has 0 spiro atoms. The third-order valence-corrected chi connectivity index (χ3v) is 5.51. The Hall–Kier alpha value is -0.480. The first-order chi connectivity index (χ1) is 10.6. The first kappa shape index (κ1) is 16.4. The van der Waals surface area contributed by atoms with Crippen LogP contribution in [0.1, 0.15) is 44.1 Å². The lowest BCUT2D eigenvalue weighted by molar-refractivity contribution is 0.147. The van der Waals surface area contributed by atoms with Gasteiger partial charge in [-0.2, -0.15) is 0 Å². The van der Waals surface area contributed by atoms with E-state index in [1.807, 2.05) is 12.1 Å². The van der Waals surface area contributed by atoms with Crippen molar-refractivity contribution < 1.29 is 4.74 Å². The van der Waals surface area contributed by atoms with Gasteiger partial charge < -0.3 is 10.5 Å². The third-order valence-electron chi connectivity index (χ3n) is 4.74. The summed E-state index contributed by atoms with van der Waals surface area (Å²) >= 11 is 12.9. The molecular formula is C17H24Cl2N2O. The molecule has 3 rings (SSSR count). The molecular weight excluding hydrogens is 319 g/mol. The molecule has 0 radical (unpaired) electrons. The Morgan fingerprint density at radius 3 is 2.45 bits per heavy atom. The van der Waals surface area contributed by atoms with Crippen LogP contribution in [0, 0.1) is 0 Å². The summed E-state index contributed by atoms with van der Waals surface area (Å²) in [5.41, 5.74) is 6.95. The van der Waals surface area contributed by atoms with Crippen LogP contribution in [0.15, 0.2) is 12.1 Å². The number of benzene rings is 1. The van der Waals surface area contributed by atoms with Crippen molar-refractivity contribution in [3.8, 4) is 5.75 Å². The van der Waals surface area contributed by atoms with Crippen molar-refractivity contribution >= 4 is 23.2 Å². The Morgan fingerprint density at radius 1 is 1.09 bits per heavy atom. The largest absolute Gasteiger partial charge is 0.489 e. The molecule has 3 nitrogen and oxygen atoms in total. The predicted octanol–water partition coefficient (Wildman–Crippen LogP) is 4.24. The lowest BCUT2D eigenvalue weighted by Gasteiger charge is -2.27. The second-order valence-electron chi connectivity index (χ2n) is 6.48. The molecule has 1 aromatic rings. The highest BCUT2D eigenvalue weighted by Crippen LogP contribution is 2.36. The highest BCUT2D eigenvalue weighted by molar-refractivity contribution is 6.36. The normalized spacial score (nSPS) is 26.3. The number of likely N-dealkylation sites (tertiary alicyclic amines) is 1. The number of hydrogen-bond donors (Lipinski definition) is 1. The molecule has 0 unspecified atom stereocenters. The molecule has 0 amide bonds. The van der Waals surface area contributed by atoms with Crippen LogP contribution in [0.5, 0.6) is 5.75 Å². The smallest absolute Gasteiger partial charge is 0.138 e. The van der Waals surface area contributed by atoms with Crippen molar-refractivity contribution in [2.45, 2.75) is 57.2 Å². The van der Waals surface area contributed by atoms with Gasteiger partial charge in [-0.05, 0) is 63.7 Å². The molecule has 2 N–H and O–H groups in total. The van der Waals surface area contributed by atoms with Gasteiger partial charge in [0.1, 0.15) is 5.75 Å². The average molecular weight is 343 g/mol. The Balaban J connectivity index is 1.71. The fraction of sp³-hybridized carbons (Fsp3) is 0.647. The maximum Gasteiger partial charge on any atom is 0.138 e. The first-order valence-corrected chi connectivity index (χ1v) is 9.00. The summed E-state index contributed by atoms with van der Waals surface area (Å²) in [6, 6.07) is 4.13. The number of halogens is 2. The van der Waals surface area contributed by atoms with E-state index in [9.17, 15) is 0 Å². The molecule has 1 aromatic carbocycles. The van der Waals surface area contributed by atoms with E-state index in [0.29, 0.717) is 11.1 Å². The fourth-order valence-corrected chi connectivity index (χ4v) is 3.90. The van der Waals surface area contributed by atoms with Crippen molar-refractivity contribution in [3.63, 3.8) is 0 Å². The van der Waals surface area contributed by atoms with Gasteiger partial charge in [0.25, 0.3) is 0 Å². The highest BCUT2D eigenvalue weighted by atomic mass is 35.5. The van der Waals surface area contributed by atoms with Crippen LogP contribution in [0.25, 0.3) is 0 Å². The van der Waals surface area contributed by atoms with Gasteiger partial charge in [0, 0.05) is 23.2 Å². The van der Waals surface area contributed by atoms with E-state index in [-0.39, 0.29) is 6.10 Å². The van der Waals surface area contributed by atoms with Crippen molar-refractivity contribution in [2.75, 3.05) is 13.1 Å². The minimum absolute atomic E-state index is 0.220. The van der Waals surface area contributed by atoms with Crippen LogP contribution in [0.4, 0.5) is 0 Å². The van der Waals surface area contributed by atoms with E-state index in [2.05, 4.69) is 4.90 Å². The summed E-state index contributed by atoms with van der Waals surface area (Å²) in [7, 11) is 0. The molecule has 1 heterocycles. The molecule has 0 aromatic heterocycles. The maximum absolute atomic E-state index is 6.58. The molecule has 5 heteroatoms. The lowest BCUT2D eigenvalue weighted by atomic mass is 9.94. The SMILES string of the molecule is NC1CCC(Oc2ccc(Cl)c(CN3CCCC3)c2Cl)CC1. The molecule has 1 aliphatic heterocycles. The standard InChI is InChI=1S/C17H24Cl2N2O/c18-15-7-8-16(22-13-5-3-12(20)4-6-13)17(19)14(15)11-21-9-1-2-10-21/h7-8,12-13H,1-6,9-11,20H2. The molecule has 2 fully saturated rings. The monoisotopic (exact) mass is 342 g/mol. The molecule has 1 aliphatic carbocycles. The van der Waals surface area contributed by atoms with Crippen molar-refractivity contribution in [3.05, 3.63) is 27.7 Å². The van der Waals surface area contributed by atoms with Crippen LogP contribution in [0.2, 0.25) is 10.0 Å². The molecule has 1 saturated heterocycles. The van der Waals surface area contributed by atoms with Gasteiger partial charge in [-0.25, -0.2) is 0 Å². The Kier molecular flexibility index (Phi) is 5.50. The highest BCUT2D eigenvalue weighted by Gasteiger charge is 2.23. The summed E-state index contributed by atoms with van der Waals surface area (Å²) in [6.07, 6.45) is 6.79. The molecule has 1 saturated carbocycles. The summed E-state index contributed by atoms with van der Waals surface area (Å²) in [6.45, 7) is 3.06. The van der Waals surface area contributed by atoms with E-state index < -0.39 is 0 Å². The van der Waals surface area contributed by atoms with Crippen molar-refractivity contribution in [1.82, 2.24) is 4.90 Å². The van der Waals surface area contributed by atoms with Gasteiger partial charge in [-0.1, -0.05) is 23.2 Å². The molecule has 0 bridgehead atoms. The molecule has 0 atom stereocenters. The van der Waals surface area contributed by atoms with Crippen molar-refractivity contribution in [1.29, 1.82) is 0 Å². The quantitative estimate of drug-likeness (QED) is 0.889. The number of hydrogen-bond acceptors (Lipinski definition) is 3. The van der Waals surface area contributed by atoms with Gasteiger partial charge in [-0.15, -0.1) is 0 Å². The number of rotatable bonds is 4. The number of ether oxygens (including phenoxy) is 1. The maximum atomic E-state index is 6.58. The Bertz CT molecular complexity index is 510. The van der Waals surface area contributed by atoms with E-state index in [0.717, 1.165) is 61.7 Å². The zero-order chi connectivity index (χ0) is 15.5. The summed E-state index contributed by atoms with van der Waals surface area (Å²) in [5.74, 6) is 0.765. The topological polar surface area (TPSA) is 38.5 Å². The zero-order valence-electron chi connectivity index (χ0n) is 12.9. The lowest BCUT2D eigenvalue weighted by Crippen LogP contribution is -2.31. The summed E-state index contributed by atoms with van der Waals surface area (Å²) < 4.78 is 6.13. The summed E-state index contributed by atoms with van der Waals surface area (Å²) in [5, 5.41) is 1.41. The van der Waals surface area contributed by atoms with E-state index in [1.165, 1.54) is 12.8 Å². The van der Waals surface area contributed by atoms with Crippen LogP contribution < -0.4 is 10.5 Å². The van der Waals surface area contributed by atoms with Crippen LogP contribution >= 0.6 is 23.2 Å². The zero-order valence-corrected chi connectivity index (χ0v) is 14.4. The molecule has 22 heavy (non-hydrogen) atoms. The predicted molar refractivity (Wildman–Crippen MR) is 91.8 cm³/mol. The van der Waals surface area contributed by atoms with E-state index >= 15 is 0 Å². The van der Waals surface area contributed by atoms with Gasteiger partial charge in [0.2, 0.25) is 0 Å². The van der Waals surface area contributed by atoms with Crippen LogP contribution in [-0.2, 0) is 6.54 Å². The number of nitrogens with zero attached hydrogens (tertiary/aromatic N) is 1. The van der Waals surface area contributed by atoms with E-state index in [1.54, 1.807) is 0 Å². The minimum Gasteiger partial charge on any atom is -0.489 e. The third kappa shape index (κ3) is 3.88. The fourth-order valence-electron chi connectivity index (χ4n) is 3.36. The Morgan fingerprint density at radius 2 is 1.77 bits per heavy atom. The summed E-state index contributed by atoms with van der Waals surface area (Å²) in [4.78, 5) is 2.40. The van der Waals surface area contributed by atoms with Gasteiger partial charge in [0.15, 0.2) is 0 Å². The second kappa shape index (κ2) is 7.39. The first-order valence-electron chi connectivity index (χ1n) is 8.25. The molecule has 2 aliphatic rings. The second-order valence-corrected chi connectivity index (χ2v) is 7.26. The minimum atomic E-state index is 0.220. The Labute approximate surface area is 142 Å². The van der Waals surface area contributed by atoms with Gasteiger partial charge in [-0.3, -0.25) is 4.90 Å².